The molecule has 0 spiro atoms. The summed E-state index contributed by atoms with van der Waals surface area (Å²) >= 11 is 3.54. The molecule has 0 bridgehead atoms. The number of nitrogens with two attached hydrogens (primary N) is 1. The van der Waals surface area contributed by atoms with Gasteiger partial charge in [-0.05, 0) is 37.4 Å². The van der Waals surface area contributed by atoms with Crippen molar-refractivity contribution in [2.45, 2.75) is 31.7 Å². The van der Waals surface area contributed by atoms with Crippen LogP contribution in [-0.4, -0.2) is 16.1 Å². The molecular weight excluding hydrogens is 314 g/mol. The van der Waals surface area contributed by atoms with Crippen molar-refractivity contribution in [3.63, 3.8) is 0 Å². The first-order valence-electron chi connectivity index (χ1n) is 7.27. The number of rotatable bonds is 3. The topological polar surface area (TPSA) is 43.8 Å². The summed E-state index contributed by atoms with van der Waals surface area (Å²) in [7, 11) is 0. The lowest BCUT2D eigenvalue weighted by molar-refractivity contribution is 0.246. The van der Waals surface area contributed by atoms with E-state index >= 15 is 0 Å². The van der Waals surface area contributed by atoms with Crippen LogP contribution in [0, 0.1) is 5.92 Å². The molecule has 3 nitrogen and oxygen atoms in total. The predicted octanol–water partition coefficient (Wildman–Crippen LogP) is 4.00. The lowest BCUT2D eigenvalue weighted by Crippen LogP contribution is -2.29. The van der Waals surface area contributed by atoms with Gasteiger partial charge in [-0.1, -0.05) is 40.9 Å². The summed E-state index contributed by atoms with van der Waals surface area (Å²) < 4.78 is 3.43. The first kappa shape index (κ1) is 13.8. The summed E-state index contributed by atoms with van der Waals surface area (Å²) in [6, 6.07) is 8.89. The van der Waals surface area contributed by atoms with Crippen LogP contribution in [0.15, 0.2) is 41.3 Å². The van der Waals surface area contributed by atoms with Crippen LogP contribution >= 0.6 is 15.9 Å². The van der Waals surface area contributed by atoms with Gasteiger partial charge >= 0.3 is 0 Å². The third-order valence-electron chi connectivity index (χ3n) is 4.32. The van der Waals surface area contributed by atoms with E-state index in [-0.39, 0.29) is 0 Å². The minimum absolute atomic E-state index is 0.491. The quantitative estimate of drug-likeness (QED) is 0.922. The Hall–Kier alpha value is -1.13. The zero-order valence-electron chi connectivity index (χ0n) is 11.5. The van der Waals surface area contributed by atoms with Gasteiger partial charge in [0.25, 0.3) is 0 Å². The minimum atomic E-state index is 0.491. The molecule has 2 atom stereocenters. The number of imidazole rings is 1. The summed E-state index contributed by atoms with van der Waals surface area (Å²) in [5.41, 5.74) is 8.37. The molecule has 1 heterocycles. The summed E-state index contributed by atoms with van der Waals surface area (Å²) in [6.07, 6.45) is 8.96. The monoisotopic (exact) mass is 333 g/mol. The van der Waals surface area contributed by atoms with E-state index in [2.05, 4.69) is 43.7 Å². The van der Waals surface area contributed by atoms with Crippen molar-refractivity contribution in [3.8, 4) is 11.3 Å². The highest BCUT2D eigenvalue weighted by Gasteiger charge is 2.26. The number of nitrogens with zero attached hydrogens (tertiary/aromatic N) is 2. The third kappa shape index (κ3) is 2.67. The van der Waals surface area contributed by atoms with Gasteiger partial charge in [0, 0.05) is 16.1 Å². The highest BCUT2D eigenvalue weighted by Crippen LogP contribution is 2.36. The highest BCUT2D eigenvalue weighted by molar-refractivity contribution is 9.10. The van der Waals surface area contributed by atoms with Crippen molar-refractivity contribution < 1.29 is 0 Å². The van der Waals surface area contributed by atoms with Gasteiger partial charge in [0.1, 0.15) is 0 Å². The Bertz CT molecular complexity index is 579. The van der Waals surface area contributed by atoms with Crippen LogP contribution in [0.4, 0.5) is 0 Å². The Morgan fingerprint density at radius 3 is 2.95 bits per heavy atom. The summed E-state index contributed by atoms with van der Waals surface area (Å²) in [6.45, 7) is 0.765. The van der Waals surface area contributed by atoms with Gasteiger partial charge < -0.3 is 10.3 Å². The Morgan fingerprint density at radius 2 is 2.15 bits per heavy atom. The van der Waals surface area contributed by atoms with Gasteiger partial charge in [-0.25, -0.2) is 4.98 Å². The number of halogens is 1. The van der Waals surface area contributed by atoms with Gasteiger partial charge in [-0.2, -0.15) is 0 Å². The molecule has 0 amide bonds. The molecule has 106 valence electrons. The second kappa shape index (κ2) is 6.10. The van der Waals surface area contributed by atoms with E-state index in [4.69, 9.17) is 5.73 Å². The molecule has 4 heteroatoms. The largest absolute Gasteiger partial charge is 0.330 e. The SMILES string of the molecule is NCC1CCCCC1n1cncc1-c1cccc(Br)c1. The Balaban J connectivity index is 1.97. The molecular formula is C16H20BrN3. The average molecular weight is 334 g/mol. The molecule has 0 radical (unpaired) electrons. The Morgan fingerprint density at radius 1 is 1.30 bits per heavy atom. The smallest absolute Gasteiger partial charge is 0.0953 e. The lowest BCUT2D eigenvalue weighted by atomic mass is 9.84. The summed E-state index contributed by atoms with van der Waals surface area (Å²) in [5, 5.41) is 0. The van der Waals surface area contributed by atoms with E-state index in [1.165, 1.54) is 36.9 Å². The zero-order chi connectivity index (χ0) is 13.9. The maximum Gasteiger partial charge on any atom is 0.0953 e. The standard InChI is InChI=1S/C16H20BrN3/c17-14-6-3-5-12(8-14)16-10-19-11-20(16)15-7-2-1-4-13(15)9-18/h3,5-6,8,10-11,13,15H,1-2,4,7,9,18H2. The second-order valence-corrected chi connectivity index (χ2v) is 6.46. The molecule has 1 aliphatic carbocycles. The number of hydrogen-bond acceptors (Lipinski definition) is 2. The van der Waals surface area contributed by atoms with Crippen LogP contribution in [0.2, 0.25) is 0 Å². The summed E-state index contributed by atoms with van der Waals surface area (Å²) in [5.74, 6) is 0.573. The van der Waals surface area contributed by atoms with Gasteiger partial charge in [-0.3, -0.25) is 0 Å². The van der Waals surface area contributed by atoms with Crippen LogP contribution in [-0.2, 0) is 0 Å². The fourth-order valence-electron chi connectivity index (χ4n) is 3.27. The van der Waals surface area contributed by atoms with Gasteiger partial charge in [0.15, 0.2) is 0 Å². The van der Waals surface area contributed by atoms with E-state index in [0.717, 1.165) is 11.0 Å². The van der Waals surface area contributed by atoms with Crippen LogP contribution in [0.25, 0.3) is 11.3 Å². The molecule has 20 heavy (non-hydrogen) atoms. The van der Waals surface area contributed by atoms with Gasteiger partial charge in [0.05, 0.1) is 18.2 Å². The molecule has 2 unspecified atom stereocenters. The molecule has 1 aromatic carbocycles. The normalized spacial score (nSPS) is 22.9. The Kier molecular flexibility index (Phi) is 4.22. The Labute approximate surface area is 128 Å². The number of benzene rings is 1. The lowest BCUT2D eigenvalue weighted by Gasteiger charge is -2.32. The van der Waals surface area contributed by atoms with Crippen LogP contribution in [0.1, 0.15) is 31.7 Å². The van der Waals surface area contributed by atoms with Crippen molar-refractivity contribution in [1.82, 2.24) is 9.55 Å². The van der Waals surface area contributed by atoms with E-state index in [0.29, 0.717) is 12.0 Å². The summed E-state index contributed by atoms with van der Waals surface area (Å²) in [4.78, 5) is 4.38. The van der Waals surface area contributed by atoms with E-state index in [9.17, 15) is 0 Å². The minimum Gasteiger partial charge on any atom is -0.330 e. The fraction of sp³-hybridized carbons (Fsp3) is 0.438. The van der Waals surface area contributed by atoms with Crippen molar-refractivity contribution in [1.29, 1.82) is 0 Å². The average Bonchev–Trinajstić information content (AvgIpc) is 2.96. The third-order valence-corrected chi connectivity index (χ3v) is 4.81. The first-order chi connectivity index (χ1) is 9.79. The maximum absolute atomic E-state index is 5.97. The molecule has 2 N–H and O–H groups in total. The van der Waals surface area contributed by atoms with Crippen molar-refractivity contribution >= 4 is 15.9 Å². The molecule has 1 fully saturated rings. The zero-order valence-corrected chi connectivity index (χ0v) is 13.1. The molecule has 3 rings (SSSR count). The van der Waals surface area contributed by atoms with Crippen LogP contribution < -0.4 is 5.73 Å². The molecule has 1 aromatic heterocycles. The molecule has 1 saturated carbocycles. The van der Waals surface area contributed by atoms with Crippen LogP contribution in [0.5, 0.6) is 0 Å². The van der Waals surface area contributed by atoms with Gasteiger partial charge in [0.2, 0.25) is 0 Å². The van der Waals surface area contributed by atoms with Crippen molar-refractivity contribution in [2.75, 3.05) is 6.54 Å². The fourth-order valence-corrected chi connectivity index (χ4v) is 3.67. The van der Waals surface area contributed by atoms with E-state index in [1.807, 2.05) is 18.6 Å². The maximum atomic E-state index is 5.97. The molecule has 1 aliphatic rings. The second-order valence-electron chi connectivity index (χ2n) is 5.54. The number of aromatic nitrogens is 2. The highest BCUT2D eigenvalue weighted by atomic mass is 79.9. The van der Waals surface area contributed by atoms with E-state index in [1.54, 1.807) is 0 Å². The van der Waals surface area contributed by atoms with Crippen LogP contribution in [0.3, 0.4) is 0 Å². The molecule has 2 aromatic rings. The number of hydrogen-bond donors (Lipinski definition) is 1. The predicted molar refractivity (Wildman–Crippen MR) is 85.4 cm³/mol. The van der Waals surface area contributed by atoms with E-state index < -0.39 is 0 Å². The van der Waals surface area contributed by atoms with Crippen molar-refractivity contribution in [2.24, 2.45) is 11.7 Å². The first-order valence-corrected chi connectivity index (χ1v) is 8.06. The van der Waals surface area contributed by atoms with Crippen molar-refractivity contribution in [3.05, 3.63) is 41.3 Å². The van der Waals surface area contributed by atoms with Gasteiger partial charge in [-0.15, -0.1) is 0 Å². The molecule has 0 aliphatic heterocycles. The molecule has 0 saturated heterocycles.